The van der Waals surface area contributed by atoms with Gasteiger partial charge in [0.15, 0.2) is 35.9 Å². The molecule has 1 aliphatic rings. The van der Waals surface area contributed by atoms with Crippen molar-refractivity contribution in [3.63, 3.8) is 0 Å². The topological polar surface area (TPSA) is 18.5 Å². The first-order valence-corrected chi connectivity index (χ1v) is 4.96. The summed E-state index contributed by atoms with van der Waals surface area (Å²) in [6.45, 7) is 0.581. The zero-order valence-electron chi connectivity index (χ0n) is 9.69. The summed E-state index contributed by atoms with van der Waals surface area (Å²) in [5, 5.41) is 0. The minimum atomic E-state index is -3.66. The van der Waals surface area contributed by atoms with E-state index >= 15 is 0 Å². The van der Waals surface area contributed by atoms with Crippen molar-refractivity contribution in [1.29, 1.82) is 0 Å². The Hall–Kier alpha value is -1.25. The van der Waals surface area contributed by atoms with E-state index < -0.39 is 47.8 Å². The second-order valence-corrected chi connectivity index (χ2v) is 3.65. The van der Waals surface area contributed by atoms with Gasteiger partial charge in [0.05, 0.1) is 0 Å². The van der Waals surface area contributed by atoms with Gasteiger partial charge in [-0.25, -0.2) is 22.0 Å². The maximum atomic E-state index is 13.6. The van der Waals surface area contributed by atoms with Gasteiger partial charge in [-0.1, -0.05) is 0 Å². The normalized spacial score (nSPS) is 29.3. The highest BCUT2D eigenvalue weighted by Crippen LogP contribution is 2.40. The minimum absolute atomic E-state index is 0.581. The SMILES string of the molecule is COC(F)(OC1=C(F)C(F)=C(F)C(F)C1F)C(C)F. The van der Waals surface area contributed by atoms with E-state index in [2.05, 4.69) is 9.47 Å². The number of rotatable bonds is 4. The van der Waals surface area contributed by atoms with Crippen LogP contribution >= 0.6 is 0 Å². The molecule has 0 amide bonds. The van der Waals surface area contributed by atoms with E-state index in [0.29, 0.717) is 14.0 Å². The van der Waals surface area contributed by atoms with Gasteiger partial charge in [-0.3, -0.25) is 0 Å². The summed E-state index contributed by atoms with van der Waals surface area (Å²) in [5.74, 6) is -8.84. The van der Waals surface area contributed by atoms with Gasteiger partial charge in [0.1, 0.15) is 0 Å². The molecule has 1 aliphatic carbocycles. The van der Waals surface area contributed by atoms with E-state index in [1.807, 2.05) is 0 Å². The molecule has 110 valence electrons. The standard InChI is InChI=1S/C10H9F7O2/c1-3(11)10(17,18-2)19-9-7(15)5(13)4(12)6(14)8(9)16/h3,5,7H,1-2H3. The smallest absolute Gasteiger partial charge is 0.394 e. The third kappa shape index (κ3) is 2.70. The van der Waals surface area contributed by atoms with Gasteiger partial charge in [0, 0.05) is 7.11 Å². The van der Waals surface area contributed by atoms with Crippen LogP contribution in [-0.2, 0) is 9.47 Å². The van der Waals surface area contributed by atoms with Gasteiger partial charge in [0.2, 0.25) is 5.83 Å². The lowest BCUT2D eigenvalue weighted by Crippen LogP contribution is -2.41. The van der Waals surface area contributed by atoms with Crippen LogP contribution in [0, 0.1) is 0 Å². The highest BCUT2D eigenvalue weighted by atomic mass is 19.2. The zero-order chi connectivity index (χ0) is 15.0. The first-order chi connectivity index (χ1) is 8.65. The lowest BCUT2D eigenvalue weighted by molar-refractivity contribution is -0.319. The third-order valence-corrected chi connectivity index (χ3v) is 2.37. The Labute approximate surface area is 103 Å². The second-order valence-electron chi connectivity index (χ2n) is 3.65. The first-order valence-electron chi connectivity index (χ1n) is 4.96. The summed E-state index contributed by atoms with van der Waals surface area (Å²) in [4.78, 5) is 0. The molecule has 0 N–H and O–H groups in total. The molecule has 0 fully saturated rings. The Balaban J connectivity index is 3.18. The molecule has 2 nitrogen and oxygen atoms in total. The maximum absolute atomic E-state index is 13.6. The van der Waals surface area contributed by atoms with Crippen LogP contribution in [0.25, 0.3) is 0 Å². The van der Waals surface area contributed by atoms with E-state index in [0.717, 1.165) is 0 Å². The molecule has 0 aromatic heterocycles. The molecule has 0 spiro atoms. The van der Waals surface area contributed by atoms with Gasteiger partial charge in [-0.05, 0) is 6.92 Å². The fourth-order valence-corrected chi connectivity index (χ4v) is 1.25. The summed E-state index contributed by atoms with van der Waals surface area (Å²) >= 11 is 0. The van der Waals surface area contributed by atoms with E-state index in [1.54, 1.807) is 0 Å². The number of hydrogen-bond donors (Lipinski definition) is 0. The van der Waals surface area contributed by atoms with Crippen molar-refractivity contribution >= 4 is 0 Å². The van der Waals surface area contributed by atoms with Crippen molar-refractivity contribution in [2.75, 3.05) is 7.11 Å². The van der Waals surface area contributed by atoms with Crippen LogP contribution in [0.2, 0.25) is 0 Å². The number of hydrogen-bond acceptors (Lipinski definition) is 2. The number of ether oxygens (including phenoxy) is 2. The summed E-state index contributed by atoms with van der Waals surface area (Å²) in [6, 6.07) is -3.66. The van der Waals surface area contributed by atoms with Gasteiger partial charge < -0.3 is 9.47 Å². The van der Waals surface area contributed by atoms with Crippen LogP contribution in [0.1, 0.15) is 6.92 Å². The van der Waals surface area contributed by atoms with Gasteiger partial charge >= 0.3 is 6.04 Å². The van der Waals surface area contributed by atoms with Crippen molar-refractivity contribution in [2.24, 2.45) is 0 Å². The number of alkyl halides is 4. The lowest BCUT2D eigenvalue weighted by atomic mass is 10.1. The monoisotopic (exact) mass is 294 g/mol. The number of allylic oxidation sites excluding steroid dienone is 4. The average molecular weight is 294 g/mol. The molecule has 0 heterocycles. The minimum Gasteiger partial charge on any atom is -0.432 e. The van der Waals surface area contributed by atoms with Crippen molar-refractivity contribution in [3.05, 3.63) is 23.2 Å². The molecule has 0 aliphatic heterocycles. The molecule has 0 aromatic rings. The first kappa shape index (κ1) is 15.8. The largest absolute Gasteiger partial charge is 0.432 e. The summed E-state index contributed by atoms with van der Waals surface area (Å²) in [5.41, 5.74) is 0. The third-order valence-electron chi connectivity index (χ3n) is 2.37. The molecule has 1 rings (SSSR count). The Morgan fingerprint density at radius 2 is 1.63 bits per heavy atom. The quantitative estimate of drug-likeness (QED) is 0.582. The second kappa shape index (κ2) is 5.40. The molecule has 9 heteroatoms. The molecule has 19 heavy (non-hydrogen) atoms. The van der Waals surface area contributed by atoms with Crippen LogP contribution in [0.15, 0.2) is 23.2 Å². The maximum Gasteiger partial charge on any atom is 0.394 e. The zero-order valence-corrected chi connectivity index (χ0v) is 9.69. The lowest BCUT2D eigenvalue weighted by Gasteiger charge is -2.30. The van der Waals surface area contributed by atoms with Crippen molar-refractivity contribution in [3.8, 4) is 0 Å². The van der Waals surface area contributed by atoms with Crippen LogP contribution in [-0.4, -0.2) is 31.7 Å². The van der Waals surface area contributed by atoms with Crippen molar-refractivity contribution < 1.29 is 40.2 Å². The Bertz CT molecular complexity index is 420. The molecule has 4 atom stereocenters. The van der Waals surface area contributed by atoms with E-state index in [1.165, 1.54) is 0 Å². The molecule has 0 bridgehead atoms. The van der Waals surface area contributed by atoms with E-state index in [4.69, 9.17) is 0 Å². The van der Waals surface area contributed by atoms with Gasteiger partial charge in [-0.2, -0.15) is 8.78 Å². The fraction of sp³-hybridized carbons (Fsp3) is 0.600. The molecule has 0 aromatic carbocycles. The van der Waals surface area contributed by atoms with Crippen molar-refractivity contribution in [2.45, 2.75) is 31.5 Å². The van der Waals surface area contributed by atoms with Gasteiger partial charge in [-0.15, -0.1) is 0 Å². The number of methoxy groups -OCH3 is 1. The highest BCUT2D eigenvalue weighted by molar-refractivity contribution is 5.35. The predicted molar refractivity (Wildman–Crippen MR) is 49.7 cm³/mol. The summed E-state index contributed by atoms with van der Waals surface area (Å²) in [7, 11) is 0.602. The van der Waals surface area contributed by atoms with Crippen LogP contribution in [0.4, 0.5) is 30.7 Å². The number of halogens is 7. The molecular formula is C10H9F7O2. The van der Waals surface area contributed by atoms with E-state index in [9.17, 15) is 30.7 Å². The van der Waals surface area contributed by atoms with Crippen LogP contribution in [0.5, 0.6) is 0 Å². The summed E-state index contributed by atoms with van der Waals surface area (Å²) in [6.07, 6.45) is -8.92. The fourth-order valence-electron chi connectivity index (χ4n) is 1.25. The Kier molecular flexibility index (Phi) is 4.49. The molecule has 0 saturated carbocycles. The highest BCUT2D eigenvalue weighted by Gasteiger charge is 2.48. The Morgan fingerprint density at radius 3 is 2.05 bits per heavy atom. The summed E-state index contributed by atoms with van der Waals surface area (Å²) < 4.78 is 99.2. The Morgan fingerprint density at radius 1 is 1.11 bits per heavy atom. The molecule has 4 unspecified atom stereocenters. The van der Waals surface area contributed by atoms with Gasteiger partial charge in [0.25, 0.3) is 0 Å². The molecular weight excluding hydrogens is 285 g/mol. The van der Waals surface area contributed by atoms with Crippen LogP contribution < -0.4 is 0 Å². The van der Waals surface area contributed by atoms with Crippen molar-refractivity contribution in [1.82, 2.24) is 0 Å². The molecule has 0 radical (unpaired) electrons. The predicted octanol–water partition coefficient (Wildman–Crippen LogP) is 3.65. The molecule has 0 saturated heterocycles. The van der Waals surface area contributed by atoms with Crippen LogP contribution in [0.3, 0.4) is 0 Å². The average Bonchev–Trinajstić information content (AvgIpc) is 2.38. The van der Waals surface area contributed by atoms with E-state index in [-0.39, 0.29) is 0 Å².